The molecule has 9 aromatic carbocycles. The van der Waals surface area contributed by atoms with Crippen molar-refractivity contribution in [2.24, 2.45) is 0 Å². The standard InChI is InChI=1S/C51H31NOS/c1-2-14-34-30-35(26-24-32(34)12-1)52(44-20-11-23-48-49(44)40-17-6-10-22-47(40)54-48)36-27-28-39-38-16-5-7-18-41(38)51(43(39)31-36)42-19-8-9-21-45(42)53-46-29-25-33-13-3-4-15-37(33)50(46)51/h1-31H. The fraction of sp³-hybridized carbons (Fsp3) is 0.0196. The van der Waals surface area contributed by atoms with E-state index in [-0.39, 0.29) is 0 Å². The minimum Gasteiger partial charge on any atom is -0.457 e. The molecule has 1 atom stereocenters. The maximum atomic E-state index is 6.83. The van der Waals surface area contributed by atoms with E-state index < -0.39 is 5.41 Å². The third kappa shape index (κ3) is 3.99. The highest BCUT2D eigenvalue weighted by atomic mass is 32.1. The Balaban J connectivity index is 1.21. The fourth-order valence-electron chi connectivity index (χ4n) is 9.49. The van der Waals surface area contributed by atoms with Crippen LogP contribution >= 0.6 is 11.3 Å². The van der Waals surface area contributed by atoms with Gasteiger partial charge in [-0.15, -0.1) is 11.3 Å². The molecule has 3 heteroatoms. The highest BCUT2D eigenvalue weighted by Gasteiger charge is 2.52. The van der Waals surface area contributed by atoms with Gasteiger partial charge in [-0.25, -0.2) is 0 Å². The topological polar surface area (TPSA) is 12.5 Å². The van der Waals surface area contributed by atoms with Crippen molar-refractivity contribution >= 4 is 70.1 Å². The third-order valence-corrected chi connectivity index (χ3v) is 12.8. The van der Waals surface area contributed by atoms with Crippen molar-refractivity contribution in [3.8, 4) is 22.6 Å². The summed E-state index contributed by atoms with van der Waals surface area (Å²) in [5.41, 5.74) is 10.2. The third-order valence-electron chi connectivity index (χ3n) is 11.7. The summed E-state index contributed by atoms with van der Waals surface area (Å²) in [6, 6.07) is 69.1. The van der Waals surface area contributed by atoms with Crippen molar-refractivity contribution in [2.45, 2.75) is 5.41 Å². The van der Waals surface area contributed by atoms with Gasteiger partial charge in [0.1, 0.15) is 11.5 Å². The van der Waals surface area contributed by atoms with Crippen LogP contribution in [0.25, 0.3) is 52.8 Å². The molecule has 1 aliphatic carbocycles. The average Bonchev–Trinajstić information content (AvgIpc) is 3.75. The van der Waals surface area contributed by atoms with Gasteiger partial charge in [0.2, 0.25) is 0 Å². The molecule has 0 amide bonds. The number of benzene rings is 9. The molecule has 10 aromatic rings. The molecule has 0 bridgehead atoms. The van der Waals surface area contributed by atoms with Crippen LogP contribution in [-0.2, 0) is 5.41 Å². The van der Waals surface area contributed by atoms with E-state index in [9.17, 15) is 0 Å². The van der Waals surface area contributed by atoms with Crippen LogP contribution in [0.4, 0.5) is 17.1 Å². The molecule has 2 aliphatic rings. The number of ether oxygens (including phenoxy) is 1. The zero-order valence-corrected chi connectivity index (χ0v) is 30.0. The zero-order chi connectivity index (χ0) is 35.4. The molecular weight excluding hydrogens is 675 g/mol. The fourth-order valence-corrected chi connectivity index (χ4v) is 10.6. The van der Waals surface area contributed by atoms with Crippen molar-refractivity contribution in [1.29, 1.82) is 0 Å². The molecule has 252 valence electrons. The normalized spacial score (nSPS) is 15.3. The smallest absolute Gasteiger partial charge is 0.132 e. The van der Waals surface area contributed by atoms with Gasteiger partial charge in [0.05, 0.1) is 11.1 Å². The van der Waals surface area contributed by atoms with Crippen molar-refractivity contribution in [1.82, 2.24) is 0 Å². The van der Waals surface area contributed by atoms with Crippen molar-refractivity contribution in [3.05, 3.63) is 210 Å². The molecule has 1 aliphatic heterocycles. The summed E-state index contributed by atoms with van der Waals surface area (Å²) in [5.74, 6) is 1.80. The number of fused-ring (bicyclic) bond motifs is 15. The summed E-state index contributed by atoms with van der Waals surface area (Å²) in [4.78, 5) is 2.49. The van der Waals surface area contributed by atoms with Gasteiger partial charge in [-0.3, -0.25) is 0 Å². The Morgan fingerprint density at radius 3 is 2.02 bits per heavy atom. The first-order valence-corrected chi connectivity index (χ1v) is 19.3. The van der Waals surface area contributed by atoms with Gasteiger partial charge in [-0.1, -0.05) is 133 Å². The lowest BCUT2D eigenvalue weighted by molar-refractivity contribution is 0.438. The van der Waals surface area contributed by atoms with Crippen LogP contribution in [0.5, 0.6) is 11.5 Å². The molecule has 0 N–H and O–H groups in total. The molecule has 0 fully saturated rings. The van der Waals surface area contributed by atoms with Gasteiger partial charge < -0.3 is 9.64 Å². The van der Waals surface area contributed by atoms with Crippen molar-refractivity contribution in [2.75, 3.05) is 4.90 Å². The summed E-state index contributed by atoms with van der Waals surface area (Å²) in [7, 11) is 0. The van der Waals surface area contributed by atoms with E-state index in [2.05, 4.69) is 193 Å². The Bertz CT molecular complexity index is 3180. The lowest BCUT2D eigenvalue weighted by Gasteiger charge is -2.40. The molecule has 1 unspecified atom stereocenters. The maximum Gasteiger partial charge on any atom is 0.132 e. The molecule has 2 nitrogen and oxygen atoms in total. The van der Waals surface area contributed by atoms with E-state index in [0.29, 0.717) is 0 Å². The summed E-state index contributed by atoms with van der Waals surface area (Å²) >= 11 is 1.86. The molecule has 2 heterocycles. The quantitative estimate of drug-likeness (QED) is 0.181. The lowest BCUT2D eigenvalue weighted by Crippen LogP contribution is -2.32. The predicted octanol–water partition coefficient (Wildman–Crippen LogP) is 14.3. The summed E-state index contributed by atoms with van der Waals surface area (Å²) in [6.07, 6.45) is 0. The SMILES string of the molecule is c1ccc2c(c1)Oc1ccc3ccccc3c1C21c2ccccc2-c2ccc(N(c3ccc4ccccc4c3)c3cccc4sc5ccccc5c34)cc21. The highest BCUT2D eigenvalue weighted by Crippen LogP contribution is 2.64. The number of anilines is 3. The van der Waals surface area contributed by atoms with E-state index in [0.717, 1.165) is 22.9 Å². The minimum absolute atomic E-state index is 0.608. The summed E-state index contributed by atoms with van der Waals surface area (Å²) < 4.78 is 9.41. The van der Waals surface area contributed by atoms with Gasteiger partial charge in [0.15, 0.2) is 0 Å². The Hall–Kier alpha value is -6.68. The molecule has 1 aromatic heterocycles. The predicted molar refractivity (Wildman–Crippen MR) is 226 cm³/mol. The number of thiophene rings is 1. The minimum atomic E-state index is -0.608. The van der Waals surface area contributed by atoms with Gasteiger partial charge in [-0.05, 0) is 98.4 Å². The number of para-hydroxylation sites is 1. The van der Waals surface area contributed by atoms with E-state index in [1.54, 1.807) is 0 Å². The van der Waals surface area contributed by atoms with E-state index in [4.69, 9.17) is 4.74 Å². The molecule has 12 rings (SSSR count). The lowest BCUT2D eigenvalue weighted by atomic mass is 9.65. The van der Waals surface area contributed by atoms with Crippen molar-refractivity contribution < 1.29 is 4.74 Å². The van der Waals surface area contributed by atoms with Crippen LogP contribution in [0, 0.1) is 0 Å². The number of hydrogen-bond donors (Lipinski definition) is 0. The first-order chi connectivity index (χ1) is 26.8. The Kier molecular flexibility index (Phi) is 6.17. The van der Waals surface area contributed by atoms with Crippen LogP contribution in [0.1, 0.15) is 22.3 Å². The second-order valence-electron chi connectivity index (χ2n) is 14.4. The van der Waals surface area contributed by atoms with Gasteiger partial charge in [0, 0.05) is 42.7 Å². The second-order valence-corrected chi connectivity index (χ2v) is 15.5. The summed E-state index contributed by atoms with van der Waals surface area (Å²) in [6.45, 7) is 0. The second kappa shape index (κ2) is 11.2. The van der Waals surface area contributed by atoms with Crippen molar-refractivity contribution in [3.63, 3.8) is 0 Å². The number of hydrogen-bond acceptors (Lipinski definition) is 3. The van der Waals surface area contributed by atoms with Gasteiger partial charge in [0.25, 0.3) is 0 Å². The molecule has 0 saturated carbocycles. The van der Waals surface area contributed by atoms with E-state index >= 15 is 0 Å². The molecule has 0 saturated heterocycles. The van der Waals surface area contributed by atoms with Gasteiger partial charge in [-0.2, -0.15) is 0 Å². The largest absolute Gasteiger partial charge is 0.457 e. The summed E-state index contributed by atoms with van der Waals surface area (Å²) in [5, 5.41) is 7.41. The Labute approximate surface area is 316 Å². The van der Waals surface area contributed by atoms with Crippen LogP contribution in [-0.4, -0.2) is 0 Å². The maximum absolute atomic E-state index is 6.83. The number of nitrogens with zero attached hydrogens (tertiary/aromatic N) is 1. The van der Waals surface area contributed by atoms with E-state index in [1.165, 1.54) is 80.8 Å². The Morgan fingerprint density at radius 1 is 0.426 bits per heavy atom. The molecular formula is C51H31NOS. The van der Waals surface area contributed by atoms with Crippen LogP contribution in [0.3, 0.4) is 0 Å². The first kappa shape index (κ1) is 29.9. The van der Waals surface area contributed by atoms with E-state index in [1.807, 2.05) is 11.3 Å². The monoisotopic (exact) mass is 705 g/mol. The van der Waals surface area contributed by atoms with Crippen LogP contribution in [0.15, 0.2) is 188 Å². The Morgan fingerprint density at radius 2 is 1.09 bits per heavy atom. The molecule has 1 spiro atoms. The van der Waals surface area contributed by atoms with Crippen LogP contribution in [0.2, 0.25) is 0 Å². The highest BCUT2D eigenvalue weighted by molar-refractivity contribution is 7.26. The number of rotatable bonds is 3. The van der Waals surface area contributed by atoms with Crippen LogP contribution < -0.4 is 9.64 Å². The average molecular weight is 706 g/mol. The van der Waals surface area contributed by atoms with Gasteiger partial charge >= 0.3 is 0 Å². The zero-order valence-electron chi connectivity index (χ0n) is 29.2. The molecule has 54 heavy (non-hydrogen) atoms. The first-order valence-electron chi connectivity index (χ1n) is 18.5. The molecule has 0 radical (unpaired) electrons.